The van der Waals surface area contributed by atoms with Gasteiger partial charge in [-0.2, -0.15) is 0 Å². The van der Waals surface area contributed by atoms with Crippen LogP contribution in [0.4, 0.5) is 11.4 Å². The molecule has 7 nitrogen and oxygen atoms in total. The summed E-state index contributed by atoms with van der Waals surface area (Å²) in [5.41, 5.74) is 2.04. The largest absolute Gasteiger partial charge is 0.322 e. The van der Waals surface area contributed by atoms with Gasteiger partial charge in [-0.25, -0.2) is 8.42 Å². The molecule has 2 rings (SSSR count). The van der Waals surface area contributed by atoms with Crippen LogP contribution in [-0.4, -0.2) is 46.6 Å². The predicted molar refractivity (Wildman–Crippen MR) is 105 cm³/mol. The number of sulfone groups is 1. The number of nitrogens with one attached hydrogen (secondary N) is 3. The van der Waals surface area contributed by atoms with E-state index in [2.05, 4.69) is 10.6 Å². The van der Waals surface area contributed by atoms with E-state index in [9.17, 15) is 18.0 Å². The molecule has 0 aromatic heterocycles. The minimum Gasteiger partial charge on any atom is -0.322 e. The Morgan fingerprint density at radius 2 is 1.48 bits per heavy atom. The third-order valence-electron chi connectivity index (χ3n) is 3.82. The standard InChI is InChI=1S/C19H23N3O4S/c1-14-8-10-15(11-9-14)20-18(23)12-22(2)13-19(24)21-16-6-4-5-7-17(16)27(3,25)26/h4-11H,12-13H2,1-3H3,(H,20,23)(H,21,24)/p+1. The molecule has 0 fully saturated rings. The smallest absolute Gasteiger partial charge is 0.279 e. The molecule has 0 saturated carbocycles. The van der Waals surface area contributed by atoms with Gasteiger partial charge in [0.1, 0.15) is 0 Å². The number of hydrogen-bond acceptors (Lipinski definition) is 4. The molecular formula is C19H24N3O4S+. The van der Waals surface area contributed by atoms with Crippen molar-refractivity contribution in [3.05, 3.63) is 54.1 Å². The predicted octanol–water partition coefficient (Wildman–Crippen LogP) is 0.490. The first kappa shape index (κ1) is 20.6. The van der Waals surface area contributed by atoms with Crippen molar-refractivity contribution in [3.63, 3.8) is 0 Å². The van der Waals surface area contributed by atoms with E-state index in [0.717, 1.165) is 11.8 Å². The van der Waals surface area contributed by atoms with Gasteiger partial charge in [0, 0.05) is 11.9 Å². The monoisotopic (exact) mass is 390 g/mol. The molecule has 0 bridgehead atoms. The summed E-state index contributed by atoms with van der Waals surface area (Å²) in [7, 11) is -1.73. The van der Waals surface area contributed by atoms with E-state index < -0.39 is 9.84 Å². The van der Waals surface area contributed by atoms with E-state index >= 15 is 0 Å². The third kappa shape index (κ3) is 6.50. The first-order chi connectivity index (χ1) is 12.6. The molecule has 1 atom stereocenters. The molecule has 1 unspecified atom stereocenters. The molecule has 3 N–H and O–H groups in total. The van der Waals surface area contributed by atoms with Crippen molar-refractivity contribution in [1.82, 2.24) is 0 Å². The number of carbonyl (C=O) groups excluding carboxylic acids is 2. The maximum absolute atomic E-state index is 12.2. The summed E-state index contributed by atoms with van der Waals surface area (Å²) in [5.74, 6) is -0.576. The van der Waals surface area contributed by atoms with E-state index in [0.29, 0.717) is 10.6 Å². The Labute approximate surface area is 159 Å². The minimum atomic E-state index is -3.45. The Morgan fingerprint density at radius 1 is 0.926 bits per heavy atom. The second kappa shape index (κ2) is 8.79. The molecule has 0 aliphatic carbocycles. The number of carbonyl (C=O) groups is 2. The molecule has 27 heavy (non-hydrogen) atoms. The number of anilines is 2. The number of likely N-dealkylation sites (N-methyl/N-ethyl adjacent to an activating group) is 1. The van der Waals surface area contributed by atoms with Crippen molar-refractivity contribution < 1.29 is 22.9 Å². The first-order valence-corrected chi connectivity index (χ1v) is 10.3. The molecular weight excluding hydrogens is 366 g/mol. The number of hydrogen-bond donors (Lipinski definition) is 3. The zero-order valence-electron chi connectivity index (χ0n) is 15.6. The quantitative estimate of drug-likeness (QED) is 0.641. The van der Waals surface area contributed by atoms with Crippen molar-refractivity contribution in [2.75, 3.05) is 37.0 Å². The molecule has 8 heteroatoms. The molecule has 2 aromatic rings. The van der Waals surface area contributed by atoms with Crippen LogP contribution in [-0.2, 0) is 19.4 Å². The second-order valence-electron chi connectivity index (χ2n) is 6.54. The van der Waals surface area contributed by atoms with Crippen LogP contribution in [0.3, 0.4) is 0 Å². The van der Waals surface area contributed by atoms with Gasteiger partial charge in [-0.1, -0.05) is 29.8 Å². The van der Waals surface area contributed by atoms with Gasteiger partial charge in [-0.3, -0.25) is 9.59 Å². The molecule has 0 spiro atoms. The molecule has 144 valence electrons. The number of rotatable bonds is 7. The van der Waals surface area contributed by atoms with Crippen LogP contribution in [0.5, 0.6) is 0 Å². The topological polar surface area (TPSA) is 96.8 Å². The average molecular weight is 390 g/mol. The molecule has 0 radical (unpaired) electrons. The zero-order chi connectivity index (χ0) is 20.0. The van der Waals surface area contributed by atoms with Crippen LogP contribution in [0.1, 0.15) is 5.56 Å². The Balaban J connectivity index is 1.90. The van der Waals surface area contributed by atoms with Gasteiger partial charge >= 0.3 is 0 Å². The van der Waals surface area contributed by atoms with E-state index in [1.54, 1.807) is 19.2 Å². The highest BCUT2D eigenvalue weighted by Gasteiger charge is 2.18. The molecule has 0 aliphatic heterocycles. The van der Waals surface area contributed by atoms with Crippen LogP contribution in [0.25, 0.3) is 0 Å². The Kier molecular flexibility index (Phi) is 6.70. The van der Waals surface area contributed by atoms with Gasteiger partial charge in [0.25, 0.3) is 11.8 Å². The summed E-state index contributed by atoms with van der Waals surface area (Å²) in [6, 6.07) is 13.7. The number of para-hydroxylation sites is 1. The second-order valence-corrected chi connectivity index (χ2v) is 8.53. The molecule has 2 aromatic carbocycles. The third-order valence-corrected chi connectivity index (χ3v) is 4.98. The number of aryl methyl sites for hydroxylation is 1. The highest BCUT2D eigenvalue weighted by molar-refractivity contribution is 7.90. The van der Waals surface area contributed by atoms with E-state index in [1.807, 2.05) is 31.2 Å². The van der Waals surface area contributed by atoms with E-state index in [1.165, 1.54) is 12.1 Å². The fraction of sp³-hybridized carbons (Fsp3) is 0.263. The van der Waals surface area contributed by atoms with Crippen molar-refractivity contribution in [2.45, 2.75) is 11.8 Å². The van der Waals surface area contributed by atoms with Gasteiger partial charge in [-0.05, 0) is 31.2 Å². The Bertz CT molecular complexity index is 924. The van der Waals surface area contributed by atoms with Crippen molar-refractivity contribution in [1.29, 1.82) is 0 Å². The fourth-order valence-corrected chi connectivity index (χ4v) is 3.38. The minimum absolute atomic E-state index is 0.0272. The van der Waals surface area contributed by atoms with Gasteiger partial charge in [0.05, 0.1) is 17.6 Å². The zero-order valence-corrected chi connectivity index (χ0v) is 16.4. The van der Waals surface area contributed by atoms with Gasteiger partial charge < -0.3 is 15.5 Å². The fourth-order valence-electron chi connectivity index (χ4n) is 2.54. The summed E-state index contributed by atoms with van der Waals surface area (Å²) >= 11 is 0. The van der Waals surface area contributed by atoms with Crippen LogP contribution in [0.15, 0.2) is 53.4 Å². The highest BCUT2D eigenvalue weighted by Crippen LogP contribution is 2.20. The lowest BCUT2D eigenvalue weighted by atomic mass is 10.2. The molecule has 0 aliphatic rings. The lowest BCUT2D eigenvalue weighted by Gasteiger charge is -2.15. The first-order valence-electron chi connectivity index (χ1n) is 8.42. The Morgan fingerprint density at radius 3 is 2.07 bits per heavy atom. The van der Waals surface area contributed by atoms with Crippen LogP contribution in [0.2, 0.25) is 0 Å². The molecule has 0 heterocycles. The summed E-state index contributed by atoms with van der Waals surface area (Å²) in [6.45, 7) is 2.10. The maximum Gasteiger partial charge on any atom is 0.279 e. The highest BCUT2D eigenvalue weighted by atomic mass is 32.2. The molecule has 2 amide bonds. The SMILES string of the molecule is Cc1ccc(NC(=O)C[NH+](C)CC(=O)Nc2ccccc2S(C)(=O)=O)cc1. The maximum atomic E-state index is 12.2. The summed E-state index contributed by atoms with van der Waals surface area (Å²) in [4.78, 5) is 25.0. The summed E-state index contributed by atoms with van der Waals surface area (Å²) in [6.07, 6.45) is 1.09. The van der Waals surface area contributed by atoms with Crippen LogP contribution < -0.4 is 15.5 Å². The van der Waals surface area contributed by atoms with Crippen molar-refractivity contribution in [2.24, 2.45) is 0 Å². The lowest BCUT2D eigenvalue weighted by molar-refractivity contribution is -0.862. The van der Waals surface area contributed by atoms with E-state index in [-0.39, 0.29) is 35.5 Å². The Hall–Kier alpha value is -2.71. The van der Waals surface area contributed by atoms with Crippen LogP contribution in [0, 0.1) is 6.92 Å². The summed E-state index contributed by atoms with van der Waals surface area (Å²) in [5, 5.41) is 5.39. The average Bonchev–Trinajstić information content (AvgIpc) is 2.56. The van der Waals surface area contributed by atoms with E-state index in [4.69, 9.17) is 0 Å². The normalized spacial score (nSPS) is 12.3. The van der Waals surface area contributed by atoms with Gasteiger partial charge in [-0.15, -0.1) is 0 Å². The van der Waals surface area contributed by atoms with Crippen molar-refractivity contribution >= 4 is 33.0 Å². The van der Waals surface area contributed by atoms with Crippen LogP contribution >= 0.6 is 0 Å². The van der Waals surface area contributed by atoms with Gasteiger partial charge in [0.15, 0.2) is 22.9 Å². The van der Waals surface area contributed by atoms with Gasteiger partial charge in [0.2, 0.25) is 0 Å². The lowest BCUT2D eigenvalue weighted by Crippen LogP contribution is -3.11. The summed E-state index contributed by atoms with van der Waals surface area (Å²) < 4.78 is 23.6. The number of benzene rings is 2. The number of quaternary nitrogens is 1. The number of amides is 2. The van der Waals surface area contributed by atoms with Crippen molar-refractivity contribution in [3.8, 4) is 0 Å². The molecule has 0 saturated heterocycles.